The van der Waals surface area contributed by atoms with Crippen molar-refractivity contribution < 1.29 is 19.1 Å². The molecule has 116 valence electrons. The lowest BCUT2D eigenvalue weighted by molar-refractivity contribution is -0.140. The smallest absolute Gasteiger partial charge is 0.326 e. The van der Waals surface area contributed by atoms with Gasteiger partial charge in [0.2, 0.25) is 0 Å². The predicted molar refractivity (Wildman–Crippen MR) is 82.1 cm³/mol. The molecule has 1 aromatic rings. The molecule has 0 unspecified atom stereocenters. The average Bonchev–Trinajstić information content (AvgIpc) is 2.39. The number of aliphatic carboxylic acids is 1. The van der Waals surface area contributed by atoms with E-state index in [0.29, 0.717) is 6.42 Å². The van der Waals surface area contributed by atoms with Gasteiger partial charge in [0, 0.05) is 4.47 Å². The van der Waals surface area contributed by atoms with Gasteiger partial charge in [0.05, 0.1) is 10.7 Å². The molecule has 1 aromatic carbocycles. The van der Waals surface area contributed by atoms with Crippen LogP contribution in [-0.4, -0.2) is 23.1 Å². The van der Waals surface area contributed by atoms with Crippen LogP contribution in [0, 0.1) is 11.7 Å². The summed E-state index contributed by atoms with van der Waals surface area (Å²) in [6, 6.07) is 0.445. The van der Waals surface area contributed by atoms with Gasteiger partial charge >= 0.3 is 12.0 Å². The summed E-state index contributed by atoms with van der Waals surface area (Å²) >= 11 is 8.92. The van der Waals surface area contributed by atoms with Crippen molar-refractivity contribution in [2.24, 2.45) is 5.92 Å². The Labute approximate surface area is 135 Å². The molecule has 21 heavy (non-hydrogen) atoms. The van der Waals surface area contributed by atoms with E-state index in [1.165, 1.54) is 0 Å². The lowest BCUT2D eigenvalue weighted by atomic mass is 9.99. The van der Waals surface area contributed by atoms with Crippen molar-refractivity contribution in [3.05, 3.63) is 27.4 Å². The predicted octanol–water partition coefficient (Wildman–Crippen LogP) is 3.86. The first-order chi connectivity index (χ1) is 9.76. The Morgan fingerprint density at radius 1 is 1.48 bits per heavy atom. The van der Waals surface area contributed by atoms with E-state index in [-0.39, 0.29) is 21.1 Å². The van der Waals surface area contributed by atoms with E-state index in [0.717, 1.165) is 12.1 Å². The second kappa shape index (κ2) is 7.61. The monoisotopic (exact) mass is 380 g/mol. The number of urea groups is 1. The minimum Gasteiger partial charge on any atom is -0.480 e. The zero-order chi connectivity index (χ0) is 16.2. The van der Waals surface area contributed by atoms with Crippen LogP contribution in [0.4, 0.5) is 14.9 Å². The summed E-state index contributed by atoms with van der Waals surface area (Å²) in [7, 11) is 0. The number of benzene rings is 1. The first kappa shape index (κ1) is 17.7. The number of anilines is 1. The Hall–Kier alpha value is -1.34. The highest BCUT2D eigenvalue weighted by atomic mass is 79.9. The number of carbonyl (C=O) groups is 2. The Bertz CT molecular complexity index is 533. The molecular formula is C13H15BrClFN2O3. The molecule has 0 saturated heterocycles. The normalized spacial score (nSPS) is 13.4. The number of nitrogens with one attached hydrogen (secondary N) is 2. The van der Waals surface area contributed by atoms with Crippen molar-refractivity contribution in [2.45, 2.75) is 26.3 Å². The molecule has 2 amide bonds. The minimum absolute atomic E-state index is 0.00689. The van der Waals surface area contributed by atoms with Crippen molar-refractivity contribution in [2.75, 3.05) is 5.32 Å². The topological polar surface area (TPSA) is 78.4 Å². The van der Waals surface area contributed by atoms with Gasteiger partial charge in [-0.3, -0.25) is 0 Å². The van der Waals surface area contributed by atoms with Crippen LogP contribution >= 0.6 is 27.5 Å². The summed E-state index contributed by atoms with van der Waals surface area (Å²) in [5.41, 5.74) is 0.170. The molecule has 0 saturated carbocycles. The third-order valence-electron chi connectivity index (χ3n) is 3.01. The molecular weight excluding hydrogens is 367 g/mol. The summed E-state index contributed by atoms with van der Waals surface area (Å²) in [6.45, 7) is 3.55. The van der Waals surface area contributed by atoms with E-state index < -0.39 is 23.9 Å². The lowest BCUT2D eigenvalue weighted by Crippen LogP contribution is -2.46. The number of carbonyl (C=O) groups excluding carboxylic acids is 1. The summed E-state index contributed by atoms with van der Waals surface area (Å²) in [5.74, 6) is -1.91. The maximum Gasteiger partial charge on any atom is 0.326 e. The molecule has 8 heteroatoms. The van der Waals surface area contributed by atoms with Crippen LogP contribution in [0.3, 0.4) is 0 Å². The average molecular weight is 382 g/mol. The first-order valence-corrected chi connectivity index (χ1v) is 7.38. The zero-order valence-electron chi connectivity index (χ0n) is 11.4. The van der Waals surface area contributed by atoms with E-state index in [1.54, 1.807) is 6.92 Å². The number of hydrogen-bond donors (Lipinski definition) is 3. The van der Waals surface area contributed by atoms with Crippen LogP contribution in [0.15, 0.2) is 16.6 Å². The van der Waals surface area contributed by atoms with Crippen LogP contribution < -0.4 is 10.6 Å². The molecule has 0 heterocycles. The van der Waals surface area contributed by atoms with Crippen molar-refractivity contribution >= 4 is 45.2 Å². The van der Waals surface area contributed by atoms with E-state index in [1.807, 2.05) is 6.92 Å². The van der Waals surface area contributed by atoms with Gasteiger partial charge < -0.3 is 15.7 Å². The van der Waals surface area contributed by atoms with Crippen molar-refractivity contribution in [1.82, 2.24) is 5.32 Å². The molecule has 1 rings (SSSR count). The number of amides is 2. The summed E-state index contributed by atoms with van der Waals surface area (Å²) < 4.78 is 13.4. The third-order valence-corrected chi connectivity index (χ3v) is 3.93. The standard InChI is InChI=1S/C13H15BrClFN2O3/c1-3-6(2)10(12(19)20)17-13(21)18-11-8(14)4-7(16)5-9(11)15/h4-6,10H,3H2,1-2H3,(H,19,20)(H2,17,18,21)/t6-,10-/m0/s1. The van der Waals surface area contributed by atoms with Gasteiger partial charge in [0.15, 0.2) is 0 Å². The fraction of sp³-hybridized carbons (Fsp3) is 0.385. The van der Waals surface area contributed by atoms with Crippen LogP contribution in [0.1, 0.15) is 20.3 Å². The molecule has 3 N–H and O–H groups in total. The van der Waals surface area contributed by atoms with Gasteiger partial charge in [-0.25, -0.2) is 14.0 Å². The van der Waals surface area contributed by atoms with E-state index in [9.17, 15) is 14.0 Å². The van der Waals surface area contributed by atoms with E-state index in [4.69, 9.17) is 16.7 Å². The fourth-order valence-electron chi connectivity index (χ4n) is 1.64. The lowest BCUT2D eigenvalue weighted by Gasteiger charge is -2.20. The van der Waals surface area contributed by atoms with Crippen LogP contribution in [0.25, 0.3) is 0 Å². The third kappa shape index (κ3) is 4.86. The number of hydrogen-bond acceptors (Lipinski definition) is 2. The van der Waals surface area contributed by atoms with Crippen LogP contribution in [0.2, 0.25) is 5.02 Å². The van der Waals surface area contributed by atoms with Crippen molar-refractivity contribution in [1.29, 1.82) is 0 Å². The van der Waals surface area contributed by atoms with Gasteiger partial charge in [-0.1, -0.05) is 31.9 Å². The van der Waals surface area contributed by atoms with Gasteiger partial charge in [-0.2, -0.15) is 0 Å². The van der Waals surface area contributed by atoms with Crippen molar-refractivity contribution in [3.63, 3.8) is 0 Å². The summed E-state index contributed by atoms with van der Waals surface area (Å²) in [6.07, 6.45) is 0.595. The van der Waals surface area contributed by atoms with Gasteiger partial charge in [0.1, 0.15) is 11.9 Å². The highest BCUT2D eigenvalue weighted by molar-refractivity contribution is 9.10. The SMILES string of the molecule is CC[C@H](C)[C@H](NC(=O)Nc1c(Cl)cc(F)cc1Br)C(=O)O. The molecule has 0 fully saturated rings. The van der Waals surface area contributed by atoms with Crippen LogP contribution in [0.5, 0.6) is 0 Å². The maximum absolute atomic E-state index is 13.1. The molecule has 0 aliphatic carbocycles. The minimum atomic E-state index is -1.12. The number of carboxylic acids is 1. The molecule has 0 aliphatic heterocycles. The first-order valence-electron chi connectivity index (χ1n) is 6.21. The zero-order valence-corrected chi connectivity index (χ0v) is 13.8. The second-order valence-electron chi connectivity index (χ2n) is 4.54. The number of carboxylic acid groups (broad SMARTS) is 1. The molecule has 0 spiro atoms. The molecule has 0 aromatic heterocycles. The highest BCUT2D eigenvalue weighted by Crippen LogP contribution is 2.31. The highest BCUT2D eigenvalue weighted by Gasteiger charge is 2.25. The summed E-state index contributed by atoms with van der Waals surface area (Å²) in [4.78, 5) is 23.0. The molecule has 2 atom stereocenters. The second-order valence-corrected chi connectivity index (χ2v) is 5.81. The number of halogens is 3. The molecule has 5 nitrogen and oxygen atoms in total. The van der Waals surface area contributed by atoms with Crippen molar-refractivity contribution in [3.8, 4) is 0 Å². The fourth-order valence-corrected chi connectivity index (χ4v) is 2.53. The van der Waals surface area contributed by atoms with Gasteiger partial charge in [-0.05, 0) is 34.0 Å². The van der Waals surface area contributed by atoms with Crippen LogP contribution in [-0.2, 0) is 4.79 Å². The Balaban J connectivity index is 2.84. The Morgan fingerprint density at radius 2 is 2.10 bits per heavy atom. The quantitative estimate of drug-likeness (QED) is 0.724. The van der Waals surface area contributed by atoms with Gasteiger partial charge in [0.25, 0.3) is 0 Å². The van der Waals surface area contributed by atoms with E-state index >= 15 is 0 Å². The summed E-state index contributed by atoms with van der Waals surface area (Å²) in [5, 5.41) is 13.9. The molecule has 0 bridgehead atoms. The molecule has 0 radical (unpaired) electrons. The number of rotatable bonds is 5. The molecule has 0 aliphatic rings. The Kier molecular flexibility index (Phi) is 6.42. The Morgan fingerprint density at radius 3 is 2.57 bits per heavy atom. The largest absolute Gasteiger partial charge is 0.480 e. The van der Waals surface area contributed by atoms with E-state index in [2.05, 4.69) is 26.6 Å². The van der Waals surface area contributed by atoms with Gasteiger partial charge in [-0.15, -0.1) is 0 Å². The maximum atomic E-state index is 13.1.